The lowest BCUT2D eigenvalue weighted by Crippen LogP contribution is -2.55. The molecule has 0 bridgehead atoms. The van der Waals surface area contributed by atoms with Crippen LogP contribution in [0, 0.1) is 5.41 Å². The third-order valence-electron chi connectivity index (χ3n) is 6.52. The number of fused-ring (bicyclic) bond motifs is 3. The average Bonchev–Trinajstić information content (AvgIpc) is 3.11. The number of ketones is 2. The van der Waals surface area contributed by atoms with Gasteiger partial charge in [0.2, 0.25) is 0 Å². The van der Waals surface area contributed by atoms with Gasteiger partial charge >= 0.3 is 6.18 Å². The van der Waals surface area contributed by atoms with E-state index < -0.39 is 29.7 Å². The lowest BCUT2D eigenvalue weighted by Gasteiger charge is -2.36. The van der Waals surface area contributed by atoms with Crippen LogP contribution < -0.4 is 15.5 Å². The Balaban J connectivity index is 1.81. The second kappa shape index (κ2) is 7.02. The summed E-state index contributed by atoms with van der Waals surface area (Å²) in [4.78, 5) is 25.5. The third-order valence-corrected chi connectivity index (χ3v) is 6.52. The molecule has 33 heavy (non-hydrogen) atoms. The number of alkyl halides is 3. The van der Waals surface area contributed by atoms with Gasteiger partial charge in [-0.2, -0.15) is 13.2 Å². The van der Waals surface area contributed by atoms with Gasteiger partial charge in [0, 0.05) is 5.41 Å². The molecule has 2 aliphatic carbocycles. The van der Waals surface area contributed by atoms with Gasteiger partial charge < -0.3 is 0 Å². The summed E-state index contributed by atoms with van der Waals surface area (Å²) in [6, 6.07) is 9.31. The van der Waals surface area contributed by atoms with E-state index in [1.165, 1.54) is 0 Å². The number of nitrogens with zero attached hydrogens (tertiary/aromatic N) is 1. The molecule has 7 heteroatoms. The van der Waals surface area contributed by atoms with Crippen molar-refractivity contribution in [2.45, 2.75) is 32.0 Å². The number of allylic oxidation sites excluding steroid dienone is 4. The molecule has 3 aliphatic rings. The molecule has 0 fully saturated rings. The highest BCUT2D eigenvalue weighted by atomic mass is 19.4. The van der Waals surface area contributed by atoms with Gasteiger partial charge in [-0.05, 0) is 50.9 Å². The SMILES string of the molecule is CC1(C)C=CC=C2C=c3cc4c(cc3=C21)N(O)C(C(=O)C(F)(F)F)C(=O)C4c1ccccc1. The van der Waals surface area contributed by atoms with E-state index in [2.05, 4.69) is 0 Å². The quantitative estimate of drug-likeness (QED) is 0.710. The highest BCUT2D eigenvalue weighted by molar-refractivity contribution is 6.16. The number of rotatable bonds is 2. The maximum absolute atomic E-state index is 13.4. The van der Waals surface area contributed by atoms with Gasteiger partial charge in [0.15, 0.2) is 11.8 Å². The smallest absolute Gasteiger partial charge is 0.296 e. The molecule has 168 valence electrons. The van der Waals surface area contributed by atoms with Gasteiger partial charge in [-0.15, -0.1) is 0 Å². The van der Waals surface area contributed by atoms with Crippen LogP contribution in [0.4, 0.5) is 18.9 Å². The Labute approximate surface area is 187 Å². The summed E-state index contributed by atoms with van der Waals surface area (Å²) in [7, 11) is 0. The van der Waals surface area contributed by atoms with E-state index in [0.717, 1.165) is 21.6 Å². The van der Waals surface area contributed by atoms with Crippen LogP contribution in [0.5, 0.6) is 0 Å². The van der Waals surface area contributed by atoms with Crippen molar-refractivity contribution in [2.24, 2.45) is 5.41 Å². The molecule has 1 N–H and O–H groups in total. The summed E-state index contributed by atoms with van der Waals surface area (Å²) in [5, 5.41) is 12.6. The zero-order valence-corrected chi connectivity index (χ0v) is 17.9. The number of carbonyl (C=O) groups is 2. The van der Waals surface area contributed by atoms with Crippen LogP contribution in [-0.4, -0.2) is 29.0 Å². The van der Waals surface area contributed by atoms with Gasteiger partial charge in [0.25, 0.3) is 5.78 Å². The molecule has 2 atom stereocenters. The molecule has 0 saturated heterocycles. The maximum Gasteiger partial charge on any atom is 0.452 e. The molecule has 5 rings (SSSR count). The largest absolute Gasteiger partial charge is 0.452 e. The van der Waals surface area contributed by atoms with Crippen LogP contribution in [0.3, 0.4) is 0 Å². The van der Waals surface area contributed by atoms with Gasteiger partial charge in [0.05, 0.1) is 11.6 Å². The third kappa shape index (κ3) is 3.18. The number of hydroxylamine groups is 1. The van der Waals surface area contributed by atoms with E-state index in [1.54, 1.807) is 42.5 Å². The Bertz CT molecular complexity index is 1380. The fourth-order valence-electron chi connectivity index (χ4n) is 5.06. The summed E-state index contributed by atoms with van der Waals surface area (Å²) in [6.07, 6.45) is 2.62. The normalized spacial score (nSPS) is 22.8. The lowest BCUT2D eigenvalue weighted by atomic mass is 9.76. The van der Waals surface area contributed by atoms with Crippen LogP contribution in [0.2, 0.25) is 0 Å². The Morgan fingerprint density at radius 1 is 1.12 bits per heavy atom. The second-order valence-electron chi connectivity index (χ2n) is 9.08. The number of carbonyl (C=O) groups excluding carboxylic acids is 2. The molecule has 0 aromatic heterocycles. The Morgan fingerprint density at radius 2 is 1.82 bits per heavy atom. The van der Waals surface area contributed by atoms with Gasteiger partial charge in [-0.1, -0.05) is 62.4 Å². The van der Waals surface area contributed by atoms with Crippen LogP contribution in [0.25, 0.3) is 11.6 Å². The number of hydrogen-bond acceptors (Lipinski definition) is 4. The Hall–Kier alpha value is -3.45. The van der Waals surface area contributed by atoms with Gasteiger partial charge in [-0.3, -0.25) is 14.8 Å². The molecule has 2 aromatic carbocycles. The average molecular weight is 451 g/mol. The molecular formula is C26H20F3NO3. The zero-order chi connectivity index (χ0) is 23.7. The van der Waals surface area contributed by atoms with Crippen LogP contribution >= 0.6 is 0 Å². The first-order valence-corrected chi connectivity index (χ1v) is 10.5. The Morgan fingerprint density at radius 3 is 2.48 bits per heavy atom. The first-order valence-electron chi connectivity index (χ1n) is 10.5. The molecule has 0 saturated carbocycles. The van der Waals surface area contributed by atoms with E-state index in [-0.39, 0.29) is 16.2 Å². The van der Waals surface area contributed by atoms with Crippen molar-refractivity contribution in [2.75, 3.05) is 5.06 Å². The molecule has 2 aromatic rings. The number of halogens is 3. The van der Waals surface area contributed by atoms with Crippen LogP contribution in [-0.2, 0) is 9.59 Å². The first kappa shape index (κ1) is 21.4. The summed E-state index contributed by atoms with van der Waals surface area (Å²) >= 11 is 0. The van der Waals surface area contributed by atoms with E-state index >= 15 is 0 Å². The summed E-state index contributed by atoms with van der Waals surface area (Å²) in [6.45, 7) is 4.05. The minimum atomic E-state index is -5.27. The van der Waals surface area contributed by atoms with Crippen molar-refractivity contribution in [3.05, 3.63) is 87.8 Å². The van der Waals surface area contributed by atoms with Gasteiger partial charge in [0.1, 0.15) is 0 Å². The van der Waals surface area contributed by atoms with Crippen LogP contribution in [0.1, 0.15) is 30.9 Å². The summed E-state index contributed by atoms with van der Waals surface area (Å²) in [5.41, 5.74) is 2.45. The molecule has 4 nitrogen and oxygen atoms in total. The molecular weight excluding hydrogens is 431 g/mol. The van der Waals surface area contributed by atoms with Crippen molar-refractivity contribution in [1.29, 1.82) is 0 Å². The summed E-state index contributed by atoms with van der Waals surface area (Å²) < 4.78 is 40.1. The molecule has 0 radical (unpaired) electrons. The zero-order valence-electron chi connectivity index (χ0n) is 17.9. The predicted octanol–water partition coefficient (Wildman–Crippen LogP) is 3.56. The first-order chi connectivity index (χ1) is 15.5. The van der Waals surface area contributed by atoms with Crippen LogP contribution in [0.15, 0.2) is 66.3 Å². The number of hydrogen-bond donors (Lipinski definition) is 1. The Kier molecular flexibility index (Phi) is 4.55. The van der Waals surface area contributed by atoms with E-state index in [4.69, 9.17) is 0 Å². The molecule has 0 amide bonds. The predicted molar refractivity (Wildman–Crippen MR) is 117 cm³/mol. The number of anilines is 1. The summed E-state index contributed by atoms with van der Waals surface area (Å²) in [5.74, 6) is -4.42. The second-order valence-corrected chi connectivity index (χ2v) is 9.08. The fraction of sp³-hybridized carbons (Fsp3) is 0.231. The molecule has 0 spiro atoms. The number of benzene rings is 2. The minimum absolute atomic E-state index is 0.0253. The monoisotopic (exact) mass is 451 g/mol. The van der Waals surface area contributed by atoms with Crippen molar-refractivity contribution < 1.29 is 28.0 Å². The van der Waals surface area contributed by atoms with Crippen molar-refractivity contribution in [1.82, 2.24) is 0 Å². The van der Waals surface area contributed by atoms with E-state index in [1.807, 2.05) is 38.2 Å². The fourth-order valence-corrected chi connectivity index (χ4v) is 5.06. The van der Waals surface area contributed by atoms with E-state index in [0.29, 0.717) is 11.1 Å². The highest BCUT2D eigenvalue weighted by Gasteiger charge is 2.53. The standard InChI is InChI=1S/C26H20F3NO3/c1-25(2)10-6-9-15-11-16-12-18-19(13-17(16)21(15)25)30(33)22(24(32)26(27,28)29)23(31)20(18)14-7-4-3-5-8-14/h3-13,20,22,33H,1-2H3. The maximum atomic E-state index is 13.4. The van der Waals surface area contributed by atoms with E-state index in [9.17, 15) is 28.0 Å². The molecule has 1 aliphatic heterocycles. The van der Waals surface area contributed by atoms with Gasteiger partial charge in [-0.25, -0.2) is 5.06 Å². The lowest BCUT2D eigenvalue weighted by molar-refractivity contribution is -0.175. The topological polar surface area (TPSA) is 57.6 Å². The van der Waals surface area contributed by atoms with Crippen molar-refractivity contribution in [3.8, 4) is 0 Å². The van der Waals surface area contributed by atoms with Crippen molar-refractivity contribution in [3.63, 3.8) is 0 Å². The van der Waals surface area contributed by atoms with Crippen molar-refractivity contribution >= 4 is 28.9 Å². The number of Topliss-reactive ketones (excluding diaryl/α,β-unsaturated/α-hetero) is 2. The minimum Gasteiger partial charge on any atom is -0.296 e. The molecule has 2 unspecified atom stereocenters. The molecule has 1 heterocycles. The highest BCUT2D eigenvalue weighted by Crippen LogP contribution is 2.42.